The summed E-state index contributed by atoms with van der Waals surface area (Å²) in [4.78, 5) is 27.2. The standard InChI is InChI=1S/C30H22ClFINO5S/c1-37-26-15-18(14-24(33)28(26)39-17-21-22(31)9-5-10-23(21)32)16-27-29(35)34(30(36)40-27)12-13-38-25-11-4-7-19-6-2-3-8-20(19)25/h2-11,14-16H,12-13,17H2,1H3/b27-16-. The van der Waals surface area contributed by atoms with Gasteiger partial charge < -0.3 is 14.2 Å². The predicted octanol–water partition coefficient (Wildman–Crippen LogP) is 7.94. The fourth-order valence-corrected chi connectivity index (χ4v) is 6.05. The van der Waals surface area contributed by atoms with Crippen LogP contribution in [0.4, 0.5) is 9.18 Å². The summed E-state index contributed by atoms with van der Waals surface area (Å²) in [5.41, 5.74) is 0.888. The minimum Gasteiger partial charge on any atom is -0.493 e. The van der Waals surface area contributed by atoms with E-state index in [9.17, 15) is 14.0 Å². The summed E-state index contributed by atoms with van der Waals surface area (Å²) in [5.74, 6) is 0.657. The number of fused-ring (bicyclic) bond motifs is 1. The van der Waals surface area contributed by atoms with Gasteiger partial charge in [0.05, 0.1) is 27.2 Å². The van der Waals surface area contributed by atoms with Crippen molar-refractivity contribution in [2.24, 2.45) is 0 Å². The molecule has 40 heavy (non-hydrogen) atoms. The van der Waals surface area contributed by atoms with Crippen LogP contribution >= 0.6 is 46.0 Å². The Labute approximate surface area is 253 Å². The van der Waals surface area contributed by atoms with Gasteiger partial charge in [-0.25, -0.2) is 4.39 Å². The zero-order valence-electron chi connectivity index (χ0n) is 21.2. The molecule has 0 unspecified atom stereocenters. The van der Waals surface area contributed by atoms with Gasteiger partial charge in [-0.3, -0.25) is 14.5 Å². The van der Waals surface area contributed by atoms with Crippen LogP contribution in [-0.4, -0.2) is 36.3 Å². The van der Waals surface area contributed by atoms with Gasteiger partial charge in [-0.15, -0.1) is 0 Å². The molecule has 0 atom stereocenters. The highest BCUT2D eigenvalue weighted by atomic mass is 127. The number of halogens is 3. The molecule has 0 saturated carbocycles. The van der Waals surface area contributed by atoms with E-state index in [1.807, 2.05) is 42.5 Å². The van der Waals surface area contributed by atoms with E-state index in [1.165, 1.54) is 24.1 Å². The number of thioether (sulfide) groups is 1. The minimum atomic E-state index is -0.462. The maximum Gasteiger partial charge on any atom is 0.293 e. The number of rotatable bonds is 9. The van der Waals surface area contributed by atoms with Crippen molar-refractivity contribution < 1.29 is 28.2 Å². The molecular weight excluding hydrogens is 668 g/mol. The van der Waals surface area contributed by atoms with Crippen molar-refractivity contribution in [3.05, 3.63) is 103 Å². The zero-order valence-corrected chi connectivity index (χ0v) is 24.9. The minimum absolute atomic E-state index is 0.0864. The summed E-state index contributed by atoms with van der Waals surface area (Å²) in [6, 6.07) is 21.5. The van der Waals surface area contributed by atoms with Crippen LogP contribution in [0.1, 0.15) is 11.1 Å². The van der Waals surface area contributed by atoms with E-state index >= 15 is 0 Å². The second-order valence-corrected chi connectivity index (χ2v) is 11.2. The first kappa shape index (κ1) is 28.3. The van der Waals surface area contributed by atoms with E-state index in [4.69, 9.17) is 25.8 Å². The second-order valence-electron chi connectivity index (χ2n) is 8.68. The second kappa shape index (κ2) is 12.5. The molecule has 0 aliphatic carbocycles. The lowest BCUT2D eigenvalue weighted by Crippen LogP contribution is -2.32. The summed E-state index contributed by atoms with van der Waals surface area (Å²) in [5, 5.41) is 1.92. The Kier molecular flexibility index (Phi) is 8.82. The van der Waals surface area contributed by atoms with Gasteiger partial charge in [0.2, 0.25) is 0 Å². The quantitative estimate of drug-likeness (QED) is 0.131. The van der Waals surface area contributed by atoms with Crippen LogP contribution in [0, 0.1) is 9.39 Å². The van der Waals surface area contributed by atoms with E-state index in [0.717, 1.165) is 22.5 Å². The van der Waals surface area contributed by atoms with Crippen LogP contribution in [0.2, 0.25) is 5.02 Å². The molecule has 0 N–H and O–H groups in total. The summed E-state index contributed by atoms with van der Waals surface area (Å²) in [6.45, 7) is 0.206. The lowest BCUT2D eigenvalue weighted by atomic mass is 10.1. The number of carbonyl (C=O) groups excluding carboxylic acids is 2. The topological polar surface area (TPSA) is 65.1 Å². The smallest absolute Gasteiger partial charge is 0.293 e. The molecule has 0 aromatic heterocycles. The molecule has 1 fully saturated rings. The molecule has 4 aromatic rings. The van der Waals surface area contributed by atoms with Crippen LogP contribution in [0.5, 0.6) is 17.2 Å². The Morgan fingerprint density at radius 1 is 1.00 bits per heavy atom. The highest BCUT2D eigenvalue weighted by Gasteiger charge is 2.35. The number of ether oxygens (including phenoxy) is 3. The molecule has 0 bridgehead atoms. The molecule has 6 nitrogen and oxygen atoms in total. The Balaban J connectivity index is 1.27. The number of methoxy groups -OCH3 is 1. The summed E-state index contributed by atoms with van der Waals surface area (Å²) in [6.07, 6.45) is 1.64. The third-order valence-electron chi connectivity index (χ3n) is 6.17. The lowest BCUT2D eigenvalue weighted by Gasteiger charge is -2.15. The molecule has 10 heteroatoms. The average molecular weight is 690 g/mol. The van der Waals surface area contributed by atoms with Crippen LogP contribution in [0.3, 0.4) is 0 Å². The van der Waals surface area contributed by atoms with Crippen molar-refractivity contribution in [1.82, 2.24) is 4.90 Å². The number of amides is 2. The molecule has 5 rings (SSSR count). The first-order chi connectivity index (χ1) is 19.4. The van der Waals surface area contributed by atoms with Gasteiger partial charge in [-0.05, 0) is 81.7 Å². The largest absolute Gasteiger partial charge is 0.493 e. The van der Waals surface area contributed by atoms with Crippen LogP contribution in [0.15, 0.2) is 77.7 Å². The Morgan fingerprint density at radius 3 is 2.58 bits per heavy atom. The van der Waals surface area contributed by atoms with E-state index in [2.05, 4.69) is 22.6 Å². The maximum atomic E-state index is 14.2. The van der Waals surface area contributed by atoms with Crippen molar-refractivity contribution in [2.75, 3.05) is 20.3 Å². The number of hydrogen-bond donors (Lipinski definition) is 0. The Bertz CT molecular complexity index is 1620. The van der Waals surface area contributed by atoms with Gasteiger partial charge in [-0.1, -0.05) is 54.1 Å². The molecule has 204 valence electrons. The van der Waals surface area contributed by atoms with E-state index in [1.54, 1.807) is 24.3 Å². The van der Waals surface area contributed by atoms with Gasteiger partial charge >= 0.3 is 0 Å². The van der Waals surface area contributed by atoms with Crippen molar-refractivity contribution in [1.29, 1.82) is 0 Å². The average Bonchev–Trinajstić information content (AvgIpc) is 3.20. The normalized spacial score (nSPS) is 14.3. The van der Waals surface area contributed by atoms with Crippen molar-refractivity contribution in [2.45, 2.75) is 6.61 Å². The highest BCUT2D eigenvalue weighted by Crippen LogP contribution is 2.38. The number of benzene rings is 4. The molecular formula is C30H22ClFINO5S. The summed E-state index contributed by atoms with van der Waals surface area (Å²) >= 11 is 9.07. The highest BCUT2D eigenvalue weighted by molar-refractivity contribution is 14.1. The third-order valence-corrected chi connectivity index (χ3v) is 8.23. The lowest BCUT2D eigenvalue weighted by molar-refractivity contribution is -0.123. The fourth-order valence-electron chi connectivity index (χ4n) is 4.19. The SMILES string of the molecule is COc1cc(/C=C2\SC(=O)N(CCOc3cccc4ccccc34)C2=O)cc(I)c1OCc1c(F)cccc1Cl. The van der Waals surface area contributed by atoms with Crippen molar-refractivity contribution in [3.8, 4) is 17.2 Å². The van der Waals surface area contributed by atoms with Gasteiger partial charge in [0, 0.05) is 10.9 Å². The monoisotopic (exact) mass is 689 g/mol. The van der Waals surface area contributed by atoms with E-state index in [0.29, 0.717) is 31.3 Å². The summed E-state index contributed by atoms with van der Waals surface area (Å²) in [7, 11) is 1.49. The Hall–Kier alpha value is -3.28. The molecule has 1 aliphatic rings. The Morgan fingerprint density at radius 2 is 1.77 bits per heavy atom. The van der Waals surface area contributed by atoms with Crippen molar-refractivity contribution >= 4 is 73.9 Å². The third kappa shape index (κ3) is 6.06. The number of hydrogen-bond acceptors (Lipinski definition) is 6. The molecule has 4 aromatic carbocycles. The first-order valence-electron chi connectivity index (χ1n) is 12.1. The van der Waals surface area contributed by atoms with Gasteiger partial charge in [0.1, 0.15) is 24.8 Å². The zero-order chi connectivity index (χ0) is 28.2. The van der Waals surface area contributed by atoms with Crippen molar-refractivity contribution in [3.63, 3.8) is 0 Å². The fraction of sp³-hybridized carbons (Fsp3) is 0.133. The molecule has 1 saturated heterocycles. The summed E-state index contributed by atoms with van der Waals surface area (Å²) < 4.78 is 32.1. The first-order valence-corrected chi connectivity index (χ1v) is 14.4. The van der Waals surface area contributed by atoms with Crippen LogP contribution < -0.4 is 14.2 Å². The van der Waals surface area contributed by atoms with Gasteiger partial charge in [0.25, 0.3) is 11.1 Å². The molecule has 1 heterocycles. The van der Waals surface area contributed by atoms with E-state index < -0.39 is 5.82 Å². The van der Waals surface area contributed by atoms with Crippen LogP contribution in [0.25, 0.3) is 16.8 Å². The number of imide groups is 1. The molecule has 2 amide bonds. The van der Waals surface area contributed by atoms with Gasteiger partial charge in [0.15, 0.2) is 11.5 Å². The molecule has 0 radical (unpaired) electrons. The number of carbonyl (C=O) groups is 2. The van der Waals surface area contributed by atoms with E-state index in [-0.39, 0.29) is 41.5 Å². The molecule has 1 aliphatic heterocycles. The predicted molar refractivity (Wildman–Crippen MR) is 164 cm³/mol. The molecule has 0 spiro atoms. The maximum absolute atomic E-state index is 14.2. The number of nitrogens with zero attached hydrogens (tertiary/aromatic N) is 1. The van der Waals surface area contributed by atoms with Crippen LogP contribution in [-0.2, 0) is 11.4 Å². The van der Waals surface area contributed by atoms with Gasteiger partial charge in [-0.2, -0.15) is 0 Å².